The number of hydrogen-bond donors (Lipinski definition) is 1. The molecule has 0 aliphatic heterocycles. The van der Waals surface area contributed by atoms with Crippen molar-refractivity contribution in [3.63, 3.8) is 0 Å². The molecule has 0 saturated heterocycles. The Morgan fingerprint density at radius 3 is 2.76 bits per heavy atom. The summed E-state index contributed by atoms with van der Waals surface area (Å²) in [4.78, 5) is 0. The van der Waals surface area contributed by atoms with Gasteiger partial charge in [0.05, 0.1) is 22.8 Å². The molecule has 0 spiro atoms. The Hall–Kier alpha value is -0.280. The van der Waals surface area contributed by atoms with E-state index in [1.54, 1.807) is 6.07 Å². The Morgan fingerprint density at radius 2 is 2.00 bits per heavy atom. The van der Waals surface area contributed by atoms with Gasteiger partial charge in [0.2, 0.25) is 0 Å². The maximum Gasteiger partial charge on any atom is 0.0736 e. The van der Waals surface area contributed by atoms with Crippen LogP contribution >= 0.6 is 23.2 Å². The summed E-state index contributed by atoms with van der Waals surface area (Å²) in [5.74, 6) is 0. The van der Waals surface area contributed by atoms with Crippen LogP contribution in [0.2, 0.25) is 10.0 Å². The quantitative estimate of drug-likeness (QED) is 0.910. The number of ether oxygens (including phenoxy) is 1. The standard InChI is InChI=1S/C13H17Cl2NO/c14-10-5-3-4-9(13(10)15)8-17-12-7-2-1-6-11(12)16/h3-5,11-12H,1-2,6-8,16H2. The average molecular weight is 274 g/mol. The molecule has 0 aromatic heterocycles. The van der Waals surface area contributed by atoms with E-state index in [-0.39, 0.29) is 12.1 Å². The van der Waals surface area contributed by atoms with Crippen LogP contribution < -0.4 is 5.73 Å². The van der Waals surface area contributed by atoms with E-state index in [0.29, 0.717) is 16.7 Å². The van der Waals surface area contributed by atoms with Gasteiger partial charge in [0, 0.05) is 6.04 Å². The molecule has 0 heterocycles. The minimum absolute atomic E-state index is 0.152. The Kier molecular flexibility index (Phi) is 4.69. The van der Waals surface area contributed by atoms with Gasteiger partial charge in [-0.2, -0.15) is 0 Å². The third kappa shape index (κ3) is 3.35. The highest BCUT2D eigenvalue weighted by molar-refractivity contribution is 6.42. The first-order chi connectivity index (χ1) is 8.18. The molecule has 2 rings (SSSR count). The molecule has 2 nitrogen and oxygen atoms in total. The number of benzene rings is 1. The largest absolute Gasteiger partial charge is 0.372 e. The number of hydrogen-bond acceptors (Lipinski definition) is 2. The van der Waals surface area contributed by atoms with Crippen molar-refractivity contribution in [3.05, 3.63) is 33.8 Å². The normalized spacial score (nSPS) is 24.9. The minimum atomic E-state index is 0.152. The molecular weight excluding hydrogens is 257 g/mol. The summed E-state index contributed by atoms with van der Waals surface area (Å²) >= 11 is 12.1. The minimum Gasteiger partial charge on any atom is -0.372 e. The lowest BCUT2D eigenvalue weighted by Gasteiger charge is -2.28. The van der Waals surface area contributed by atoms with Crippen LogP contribution in [0, 0.1) is 0 Å². The molecule has 1 aliphatic rings. The van der Waals surface area contributed by atoms with Crippen molar-refractivity contribution in [2.45, 2.75) is 44.4 Å². The summed E-state index contributed by atoms with van der Waals surface area (Å²) in [5.41, 5.74) is 6.95. The maximum absolute atomic E-state index is 6.10. The Labute approximate surface area is 112 Å². The van der Waals surface area contributed by atoms with Crippen molar-refractivity contribution in [2.75, 3.05) is 0 Å². The highest BCUT2D eigenvalue weighted by Crippen LogP contribution is 2.27. The molecule has 2 N–H and O–H groups in total. The van der Waals surface area contributed by atoms with Crippen molar-refractivity contribution in [1.82, 2.24) is 0 Å². The van der Waals surface area contributed by atoms with Crippen molar-refractivity contribution in [2.24, 2.45) is 5.73 Å². The number of nitrogens with two attached hydrogens (primary N) is 1. The summed E-state index contributed by atoms with van der Waals surface area (Å²) < 4.78 is 5.85. The smallest absolute Gasteiger partial charge is 0.0736 e. The molecule has 2 unspecified atom stereocenters. The molecule has 94 valence electrons. The first kappa shape index (κ1) is 13.2. The summed E-state index contributed by atoms with van der Waals surface area (Å²) in [6.45, 7) is 0.484. The third-order valence-electron chi connectivity index (χ3n) is 3.24. The predicted octanol–water partition coefficient (Wildman–Crippen LogP) is 3.78. The highest BCUT2D eigenvalue weighted by atomic mass is 35.5. The molecule has 1 fully saturated rings. The highest BCUT2D eigenvalue weighted by Gasteiger charge is 2.22. The van der Waals surface area contributed by atoms with E-state index in [1.165, 1.54) is 12.8 Å². The Bertz CT molecular complexity index is 384. The second kappa shape index (κ2) is 6.05. The fourth-order valence-electron chi connectivity index (χ4n) is 2.19. The third-order valence-corrected chi connectivity index (χ3v) is 4.10. The Balaban J connectivity index is 1.95. The van der Waals surface area contributed by atoms with Crippen LogP contribution in [0.4, 0.5) is 0 Å². The molecular formula is C13H17Cl2NO. The second-order valence-corrected chi connectivity index (χ2v) is 5.30. The molecule has 0 bridgehead atoms. The van der Waals surface area contributed by atoms with E-state index in [1.807, 2.05) is 12.1 Å². The van der Waals surface area contributed by atoms with E-state index in [2.05, 4.69) is 0 Å². The van der Waals surface area contributed by atoms with Crippen molar-refractivity contribution >= 4 is 23.2 Å². The molecule has 1 saturated carbocycles. The van der Waals surface area contributed by atoms with Crippen LogP contribution in [-0.2, 0) is 11.3 Å². The van der Waals surface area contributed by atoms with Gasteiger partial charge in [-0.05, 0) is 24.5 Å². The van der Waals surface area contributed by atoms with Crippen molar-refractivity contribution in [1.29, 1.82) is 0 Å². The molecule has 1 aliphatic carbocycles. The van der Waals surface area contributed by atoms with E-state index in [0.717, 1.165) is 18.4 Å². The van der Waals surface area contributed by atoms with Crippen LogP contribution in [-0.4, -0.2) is 12.1 Å². The lowest BCUT2D eigenvalue weighted by Crippen LogP contribution is -2.39. The molecule has 4 heteroatoms. The van der Waals surface area contributed by atoms with Gasteiger partial charge in [-0.25, -0.2) is 0 Å². The van der Waals surface area contributed by atoms with Crippen LogP contribution in [0.3, 0.4) is 0 Å². The molecule has 0 radical (unpaired) electrons. The predicted molar refractivity (Wildman–Crippen MR) is 71.5 cm³/mol. The van der Waals surface area contributed by atoms with E-state index < -0.39 is 0 Å². The molecule has 2 atom stereocenters. The van der Waals surface area contributed by atoms with Gasteiger partial charge in [0.15, 0.2) is 0 Å². The monoisotopic (exact) mass is 273 g/mol. The second-order valence-electron chi connectivity index (χ2n) is 4.51. The van der Waals surface area contributed by atoms with Gasteiger partial charge >= 0.3 is 0 Å². The lowest BCUT2D eigenvalue weighted by atomic mass is 9.93. The van der Waals surface area contributed by atoms with Gasteiger partial charge in [0.1, 0.15) is 0 Å². The first-order valence-corrected chi connectivity index (χ1v) is 6.74. The fourth-order valence-corrected chi connectivity index (χ4v) is 2.56. The number of rotatable bonds is 3. The topological polar surface area (TPSA) is 35.2 Å². The zero-order chi connectivity index (χ0) is 12.3. The van der Waals surface area contributed by atoms with Crippen LogP contribution in [0.15, 0.2) is 18.2 Å². The van der Waals surface area contributed by atoms with E-state index in [4.69, 9.17) is 33.7 Å². The summed E-state index contributed by atoms with van der Waals surface area (Å²) in [6, 6.07) is 5.75. The average Bonchev–Trinajstić information content (AvgIpc) is 2.33. The van der Waals surface area contributed by atoms with Crippen LogP contribution in [0.25, 0.3) is 0 Å². The number of halogens is 2. The zero-order valence-electron chi connectivity index (χ0n) is 9.66. The molecule has 0 amide bonds. The van der Waals surface area contributed by atoms with Gasteiger partial charge in [-0.15, -0.1) is 0 Å². The SMILES string of the molecule is NC1CCCCC1OCc1cccc(Cl)c1Cl. The van der Waals surface area contributed by atoms with Crippen LogP contribution in [0.5, 0.6) is 0 Å². The van der Waals surface area contributed by atoms with E-state index >= 15 is 0 Å². The fraction of sp³-hybridized carbons (Fsp3) is 0.538. The molecule has 17 heavy (non-hydrogen) atoms. The molecule has 1 aromatic carbocycles. The van der Waals surface area contributed by atoms with Gasteiger partial charge in [-0.1, -0.05) is 48.2 Å². The van der Waals surface area contributed by atoms with Gasteiger partial charge in [-0.3, -0.25) is 0 Å². The zero-order valence-corrected chi connectivity index (χ0v) is 11.2. The van der Waals surface area contributed by atoms with Crippen molar-refractivity contribution < 1.29 is 4.74 Å². The van der Waals surface area contributed by atoms with Gasteiger partial charge < -0.3 is 10.5 Å². The van der Waals surface area contributed by atoms with Crippen molar-refractivity contribution in [3.8, 4) is 0 Å². The lowest BCUT2D eigenvalue weighted by molar-refractivity contribution is 0.00408. The Morgan fingerprint density at radius 1 is 1.24 bits per heavy atom. The summed E-state index contributed by atoms with van der Waals surface area (Å²) in [5, 5.41) is 1.15. The first-order valence-electron chi connectivity index (χ1n) is 5.98. The maximum atomic E-state index is 6.10. The van der Waals surface area contributed by atoms with Gasteiger partial charge in [0.25, 0.3) is 0 Å². The van der Waals surface area contributed by atoms with E-state index in [9.17, 15) is 0 Å². The molecule has 1 aromatic rings. The van der Waals surface area contributed by atoms with Crippen LogP contribution in [0.1, 0.15) is 31.2 Å². The summed E-state index contributed by atoms with van der Waals surface area (Å²) in [7, 11) is 0. The summed E-state index contributed by atoms with van der Waals surface area (Å²) in [6.07, 6.45) is 4.65.